The van der Waals surface area contributed by atoms with E-state index >= 15 is 0 Å². The number of aliphatic hydroxyl groups excluding tert-OH is 1. The number of nitrogens with one attached hydrogen (secondary N) is 2. The van der Waals surface area contributed by atoms with Crippen LogP contribution in [-0.2, 0) is 4.79 Å². The molecule has 1 aromatic heterocycles. The van der Waals surface area contributed by atoms with Gasteiger partial charge in [0.05, 0.1) is 5.69 Å². The second-order valence-corrected chi connectivity index (χ2v) is 5.97. The second-order valence-electron chi connectivity index (χ2n) is 5.97. The highest BCUT2D eigenvalue weighted by Gasteiger charge is 2.32. The van der Waals surface area contributed by atoms with Crippen molar-refractivity contribution in [1.82, 2.24) is 9.97 Å². The summed E-state index contributed by atoms with van der Waals surface area (Å²) in [5.74, 6) is 1.68. The number of aromatic nitrogens is 2. The van der Waals surface area contributed by atoms with Crippen molar-refractivity contribution in [3.63, 3.8) is 0 Å². The van der Waals surface area contributed by atoms with E-state index in [1.54, 1.807) is 0 Å². The number of nitrogens with zero attached hydrogens (tertiary/aromatic N) is 3. The van der Waals surface area contributed by atoms with Crippen molar-refractivity contribution in [2.75, 3.05) is 29.2 Å². The number of aryl methyl sites for hydroxylation is 1. The minimum absolute atomic E-state index is 0.0396. The summed E-state index contributed by atoms with van der Waals surface area (Å²) in [7, 11) is 1.86. The van der Waals surface area contributed by atoms with E-state index < -0.39 is 0 Å². The van der Waals surface area contributed by atoms with Gasteiger partial charge in [-0.3, -0.25) is 4.79 Å². The molecule has 1 amide bonds. The summed E-state index contributed by atoms with van der Waals surface area (Å²) < 4.78 is 0. The molecular formula is C14H21N5O2. The molecule has 0 aromatic carbocycles. The molecule has 1 aliphatic heterocycles. The molecule has 2 aliphatic rings. The van der Waals surface area contributed by atoms with Crippen LogP contribution in [0.15, 0.2) is 0 Å². The van der Waals surface area contributed by atoms with Crippen LogP contribution >= 0.6 is 0 Å². The molecule has 1 aromatic rings. The van der Waals surface area contributed by atoms with Crippen LogP contribution in [0.5, 0.6) is 0 Å². The fourth-order valence-corrected chi connectivity index (χ4v) is 2.80. The first-order valence-electron chi connectivity index (χ1n) is 7.29. The highest BCUT2D eigenvalue weighted by molar-refractivity contribution is 6.03. The predicted octanol–water partition coefficient (Wildman–Crippen LogP) is 0.745. The summed E-state index contributed by atoms with van der Waals surface area (Å²) in [6.45, 7) is 3.96. The molecule has 1 fully saturated rings. The molecule has 1 atom stereocenters. The zero-order valence-electron chi connectivity index (χ0n) is 12.6. The molecule has 3 rings (SSSR count). The van der Waals surface area contributed by atoms with Gasteiger partial charge in [-0.15, -0.1) is 0 Å². The van der Waals surface area contributed by atoms with Gasteiger partial charge in [0.2, 0.25) is 11.9 Å². The van der Waals surface area contributed by atoms with E-state index in [0.717, 1.165) is 24.4 Å². The molecule has 0 radical (unpaired) electrons. The summed E-state index contributed by atoms with van der Waals surface area (Å²) in [4.78, 5) is 22.7. The van der Waals surface area contributed by atoms with Crippen molar-refractivity contribution in [3.8, 4) is 0 Å². The van der Waals surface area contributed by atoms with E-state index in [4.69, 9.17) is 5.11 Å². The van der Waals surface area contributed by atoms with E-state index in [1.807, 2.05) is 25.8 Å². The van der Waals surface area contributed by atoms with Crippen LogP contribution in [0.1, 0.15) is 25.5 Å². The van der Waals surface area contributed by atoms with Crippen LogP contribution < -0.4 is 15.5 Å². The molecular weight excluding hydrogens is 270 g/mol. The summed E-state index contributed by atoms with van der Waals surface area (Å²) in [5, 5.41) is 15.2. The molecule has 1 aliphatic carbocycles. The Hall–Kier alpha value is -1.89. The number of aliphatic hydroxyl groups is 1. The lowest BCUT2D eigenvalue weighted by molar-refractivity contribution is -0.117. The van der Waals surface area contributed by atoms with Gasteiger partial charge in [-0.1, -0.05) is 0 Å². The standard InChI is InChI=1S/C14H21N5O2/c1-7-11-12(19(3)8(2)13(21)17-11)18-14(15-7)16-10-4-9(5-10)6-20/h8-10,20H,4-6H2,1-3H3,(H,17,21)(H,15,16,18)/t8-,9-,10-/m0/s1. The Kier molecular flexibility index (Phi) is 3.44. The molecule has 7 nitrogen and oxygen atoms in total. The Labute approximate surface area is 123 Å². The maximum Gasteiger partial charge on any atom is 0.246 e. The lowest BCUT2D eigenvalue weighted by atomic mass is 9.81. The number of fused-ring (bicyclic) bond motifs is 1. The smallest absolute Gasteiger partial charge is 0.246 e. The zero-order chi connectivity index (χ0) is 15.1. The number of rotatable bonds is 3. The zero-order valence-corrected chi connectivity index (χ0v) is 12.6. The van der Waals surface area contributed by atoms with E-state index in [1.165, 1.54) is 0 Å². The van der Waals surface area contributed by atoms with Gasteiger partial charge in [0.1, 0.15) is 11.7 Å². The quantitative estimate of drug-likeness (QED) is 0.761. The second kappa shape index (κ2) is 5.14. The maximum atomic E-state index is 11.9. The highest BCUT2D eigenvalue weighted by atomic mass is 16.3. The Balaban J connectivity index is 1.82. The Bertz CT molecular complexity index is 571. The first kappa shape index (κ1) is 14.1. The fourth-order valence-electron chi connectivity index (χ4n) is 2.80. The molecule has 114 valence electrons. The van der Waals surface area contributed by atoms with Gasteiger partial charge in [0.15, 0.2) is 5.82 Å². The van der Waals surface area contributed by atoms with E-state index in [-0.39, 0.29) is 18.6 Å². The van der Waals surface area contributed by atoms with Crippen LogP contribution in [0, 0.1) is 12.8 Å². The third-order valence-electron chi connectivity index (χ3n) is 4.44. The molecule has 7 heteroatoms. The molecule has 0 spiro atoms. The van der Waals surface area contributed by atoms with Crippen molar-refractivity contribution in [1.29, 1.82) is 0 Å². The number of amides is 1. The van der Waals surface area contributed by atoms with Crippen LogP contribution in [0.2, 0.25) is 0 Å². The average molecular weight is 291 g/mol. The third-order valence-corrected chi connectivity index (χ3v) is 4.44. The topological polar surface area (TPSA) is 90.4 Å². The van der Waals surface area contributed by atoms with Crippen molar-refractivity contribution in [2.45, 2.75) is 38.8 Å². The normalized spacial score (nSPS) is 27.7. The summed E-state index contributed by atoms with van der Waals surface area (Å²) in [6, 6.07) is 0.0719. The van der Waals surface area contributed by atoms with Crippen LogP contribution in [0.3, 0.4) is 0 Å². The number of likely N-dealkylation sites (N-methyl/N-ethyl adjacent to an activating group) is 1. The van der Waals surface area contributed by atoms with Crippen molar-refractivity contribution in [2.24, 2.45) is 5.92 Å². The molecule has 0 unspecified atom stereocenters. The largest absolute Gasteiger partial charge is 0.396 e. The van der Waals surface area contributed by atoms with Crippen LogP contribution in [-0.4, -0.2) is 46.7 Å². The molecule has 3 N–H and O–H groups in total. The molecule has 2 heterocycles. The molecule has 0 bridgehead atoms. The van der Waals surface area contributed by atoms with Gasteiger partial charge in [-0.05, 0) is 32.6 Å². The Morgan fingerprint density at radius 3 is 2.81 bits per heavy atom. The van der Waals surface area contributed by atoms with E-state index in [9.17, 15) is 4.79 Å². The predicted molar refractivity (Wildman–Crippen MR) is 80.5 cm³/mol. The number of hydrogen-bond donors (Lipinski definition) is 3. The molecule has 21 heavy (non-hydrogen) atoms. The minimum Gasteiger partial charge on any atom is -0.396 e. The van der Waals surface area contributed by atoms with Crippen molar-refractivity contribution >= 4 is 23.4 Å². The number of carbonyl (C=O) groups is 1. The number of anilines is 3. The lowest BCUT2D eigenvalue weighted by Gasteiger charge is -2.36. The number of hydrogen-bond acceptors (Lipinski definition) is 6. The third kappa shape index (κ3) is 2.42. The first-order valence-corrected chi connectivity index (χ1v) is 7.29. The van der Waals surface area contributed by atoms with E-state index in [2.05, 4.69) is 20.6 Å². The SMILES string of the molecule is Cc1nc(N[C@H]2C[C@H](CO)C2)nc2c1NC(=O)[C@H](C)N2C. The Morgan fingerprint density at radius 1 is 1.43 bits per heavy atom. The monoisotopic (exact) mass is 291 g/mol. The molecule has 0 saturated heterocycles. The summed E-state index contributed by atoms with van der Waals surface area (Å²) in [6.07, 6.45) is 1.89. The van der Waals surface area contributed by atoms with Crippen LogP contribution in [0.25, 0.3) is 0 Å². The van der Waals surface area contributed by atoms with Crippen molar-refractivity contribution in [3.05, 3.63) is 5.69 Å². The first-order chi connectivity index (χ1) is 9.99. The minimum atomic E-state index is -0.248. The lowest BCUT2D eigenvalue weighted by Crippen LogP contribution is -2.45. The van der Waals surface area contributed by atoms with Gasteiger partial charge >= 0.3 is 0 Å². The van der Waals surface area contributed by atoms with Gasteiger partial charge < -0.3 is 20.6 Å². The molecule has 1 saturated carbocycles. The maximum absolute atomic E-state index is 11.9. The van der Waals surface area contributed by atoms with E-state index in [0.29, 0.717) is 23.6 Å². The van der Waals surface area contributed by atoms with Gasteiger partial charge in [0.25, 0.3) is 0 Å². The number of carbonyl (C=O) groups excluding carboxylic acids is 1. The highest BCUT2D eigenvalue weighted by Crippen LogP contribution is 2.34. The van der Waals surface area contributed by atoms with Crippen LogP contribution in [0.4, 0.5) is 17.5 Å². The van der Waals surface area contributed by atoms with Gasteiger partial charge in [0, 0.05) is 19.7 Å². The average Bonchev–Trinajstić information content (AvgIpc) is 2.41. The van der Waals surface area contributed by atoms with Crippen molar-refractivity contribution < 1.29 is 9.90 Å². The summed E-state index contributed by atoms with van der Waals surface area (Å²) >= 11 is 0. The summed E-state index contributed by atoms with van der Waals surface area (Å²) in [5.41, 5.74) is 1.45. The fraction of sp³-hybridized carbons (Fsp3) is 0.643. The van der Waals surface area contributed by atoms with Gasteiger partial charge in [-0.25, -0.2) is 4.98 Å². The van der Waals surface area contributed by atoms with Gasteiger partial charge in [-0.2, -0.15) is 4.98 Å². The Morgan fingerprint density at radius 2 is 2.14 bits per heavy atom.